The Balaban J connectivity index is 2.22. The third kappa shape index (κ3) is 1.61. The lowest BCUT2D eigenvalue weighted by Gasteiger charge is -2.12. The van der Waals surface area contributed by atoms with E-state index in [1.165, 1.54) is 12.1 Å². The SMILES string of the molecule is NC1=NN(c2ccc(F)cc2)CC1. The third-order valence-corrected chi connectivity index (χ3v) is 1.95. The molecule has 1 heterocycles. The summed E-state index contributed by atoms with van der Waals surface area (Å²) >= 11 is 0. The molecule has 0 saturated heterocycles. The van der Waals surface area contributed by atoms with E-state index in [0.717, 1.165) is 18.7 Å². The molecule has 0 radical (unpaired) electrons. The van der Waals surface area contributed by atoms with Gasteiger partial charge in [-0.2, -0.15) is 5.10 Å². The number of benzene rings is 1. The van der Waals surface area contributed by atoms with Crippen molar-refractivity contribution in [1.29, 1.82) is 0 Å². The molecule has 0 fully saturated rings. The Morgan fingerprint density at radius 1 is 1.31 bits per heavy atom. The molecule has 1 aromatic carbocycles. The molecule has 4 heteroatoms. The van der Waals surface area contributed by atoms with Gasteiger partial charge in [-0.3, -0.25) is 5.01 Å². The van der Waals surface area contributed by atoms with Crippen LogP contribution in [0.5, 0.6) is 0 Å². The second-order valence-electron chi connectivity index (χ2n) is 2.94. The Kier molecular flexibility index (Phi) is 1.88. The van der Waals surface area contributed by atoms with Crippen LogP contribution in [0, 0.1) is 5.82 Å². The number of amidine groups is 1. The second-order valence-corrected chi connectivity index (χ2v) is 2.94. The fourth-order valence-corrected chi connectivity index (χ4v) is 1.28. The molecule has 0 aliphatic carbocycles. The molecule has 68 valence electrons. The molecule has 13 heavy (non-hydrogen) atoms. The van der Waals surface area contributed by atoms with Crippen LogP contribution in [-0.2, 0) is 0 Å². The summed E-state index contributed by atoms with van der Waals surface area (Å²) in [5, 5.41) is 5.87. The molecular weight excluding hydrogens is 169 g/mol. The van der Waals surface area contributed by atoms with Crippen LogP contribution in [-0.4, -0.2) is 12.4 Å². The van der Waals surface area contributed by atoms with Gasteiger partial charge in [-0.1, -0.05) is 0 Å². The molecule has 1 aliphatic heterocycles. The zero-order chi connectivity index (χ0) is 9.26. The largest absolute Gasteiger partial charge is 0.386 e. The van der Waals surface area contributed by atoms with Gasteiger partial charge in [0.25, 0.3) is 0 Å². The number of nitrogens with zero attached hydrogens (tertiary/aromatic N) is 2. The highest BCUT2D eigenvalue weighted by Gasteiger charge is 2.12. The number of halogens is 1. The predicted molar refractivity (Wildman–Crippen MR) is 50.0 cm³/mol. The molecule has 0 saturated carbocycles. The number of anilines is 1. The average molecular weight is 179 g/mol. The Morgan fingerprint density at radius 2 is 2.00 bits per heavy atom. The van der Waals surface area contributed by atoms with Crippen LogP contribution < -0.4 is 10.7 Å². The smallest absolute Gasteiger partial charge is 0.123 e. The van der Waals surface area contributed by atoms with Gasteiger partial charge in [-0.15, -0.1) is 0 Å². The molecule has 3 nitrogen and oxygen atoms in total. The molecule has 2 rings (SSSR count). The standard InChI is InChI=1S/C9H10FN3/c10-7-1-3-8(4-2-7)13-6-5-9(11)12-13/h1-4H,5-6H2,(H2,11,12). The van der Waals surface area contributed by atoms with Gasteiger partial charge in [0, 0.05) is 13.0 Å². The number of rotatable bonds is 1. The van der Waals surface area contributed by atoms with Gasteiger partial charge in [-0.25, -0.2) is 4.39 Å². The van der Waals surface area contributed by atoms with E-state index in [1.54, 1.807) is 17.1 Å². The lowest BCUT2D eigenvalue weighted by molar-refractivity contribution is 0.627. The van der Waals surface area contributed by atoms with Crippen molar-refractivity contribution in [2.75, 3.05) is 11.6 Å². The molecule has 0 spiro atoms. The summed E-state index contributed by atoms with van der Waals surface area (Å²) in [6, 6.07) is 6.22. The van der Waals surface area contributed by atoms with E-state index in [0.29, 0.717) is 5.84 Å². The number of hydrazone groups is 1. The topological polar surface area (TPSA) is 41.6 Å². The van der Waals surface area contributed by atoms with Crippen LogP contribution in [0.25, 0.3) is 0 Å². The van der Waals surface area contributed by atoms with E-state index in [1.807, 2.05) is 0 Å². The highest BCUT2D eigenvalue weighted by molar-refractivity contribution is 5.84. The highest BCUT2D eigenvalue weighted by atomic mass is 19.1. The van der Waals surface area contributed by atoms with Gasteiger partial charge in [0.05, 0.1) is 5.69 Å². The van der Waals surface area contributed by atoms with Crippen LogP contribution in [0.15, 0.2) is 29.4 Å². The van der Waals surface area contributed by atoms with E-state index in [4.69, 9.17) is 5.73 Å². The Morgan fingerprint density at radius 3 is 2.54 bits per heavy atom. The van der Waals surface area contributed by atoms with Crippen molar-refractivity contribution in [3.8, 4) is 0 Å². The van der Waals surface area contributed by atoms with Crippen molar-refractivity contribution in [3.05, 3.63) is 30.1 Å². The van der Waals surface area contributed by atoms with E-state index in [9.17, 15) is 4.39 Å². The lowest BCUT2D eigenvalue weighted by Crippen LogP contribution is -2.11. The molecule has 0 amide bonds. The Bertz CT molecular complexity index is 331. The van der Waals surface area contributed by atoms with Crippen molar-refractivity contribution < 1.29 is 4.39 Å². The fraction of sp³-hybridized carbons (Fsp3) is 0.222. The number of hydrogen-bond acceptors (Lipinski definition) is 3. The first-order chi connectivity index (χ1) is 6.25. The number of nitrogens with two attached hydrogens (primary N) is 1. The molecule has 2 N–H and O–H groups in total. The first kappa shape index (κ1) is 8.04. The summed E-state index contributed by atoms with van der Waals surface area (Å²) in [5.41, 5.74) is 6.40. The van der Waals surface area contributed by atoms with Gasteiger partial charge >= 0.3 is 0 Å². The molecule has 0 unspecified atom stereocenters. The van der Waals surface area contributed by atoms with Gasteiger partial charge in [0.2, 0.25) is 0 Å². The first-order valence-corrected chi connectivity index (χ1v) is 4.12. The summed E-state index contributed by atoms with van der Waals surface area (Å²) in [4.78, 5) is 0. The van der Waals surface area contributed by atoms with Crippen molar-refractivity contribution >= 4 is 11.5 Å². The van der Waals surface area contributed by atoms with Crippen molar-refractivity contribution in [3.63, 3.8) is 0 Å². The van der Waals surface area contributed by atoms with E-state index < -0.39 is 0 Å². The van der Waals surface area contributed by atoms with Gasteiger partial charge < -0.3 is 5.73 Å². The van der Waals surface area contributed by atoms with Crippen LogP contribution >= 0.6 is 0 Å². The van der Waals surface area contributed by atoms with Crippen LogP contribution in [0.1, 0.15) is 6.42 Å². The maximum Gasteiger partial charge on any atom is 0.123 e. The zero-order valence-electron chi connectivity index (χ0n) is 7.07. The Labute approximate surface area is 75.7 Å². The fourth-order valence-electron chi connectivity index (χ4n) is 1.28. The summed E-state index contributed by atoms with van der Waals surface area (Å²) in [7, 11) is 0. The highest BCUT2D eigenvalue weighted by Crippen LogP contribution is 2.18. The minimum atomic E-state index is -0.236. The maximum atomic E-state index is 12.6. The average Bonchev–Trinajstić information content (AvgIpc) is 2.53. The van der Waals surface area contributed by atoms with Crippen LogP contribution in [0.4, 0.5) is 10.1 Å². The van der Waals surface area contributed by atoms with Crippen LogP contribution in [0.3, 0.4) is 0 Å². The zero-order valence-corrected chi connectivity index (χ0v) is 7.07. The summed E-state index contributed by atoms with van der Waals surface area (Å²) in [5.74, 6) is 0.393. The van der Waals surface area contributed by atoms with E-state index in [-0.39, 0.29) is 5.82 Å². The molecular formula is C9H10FN3. The lowest BCUT2D eigenvalue weighted by atomic mass is 10.3. The first-order valence-electron chi connectivity index (χ1n) is 4.12. The van der Waals surface area contributed by atoms with Crippen molar-refractivity contribution in [2.45, 2.75) is 6.42 Å². The van der Waals surface area contributed by atoms with E-state index in [2.05, 4.69) is 5.10 Å². The molecule has 0 aromatic heterocycles. The molecule has 1 aliphatic rings. The molecule has 1 aromatic rings. The molecule has 0 bridgehead atoms. The van der Waals surface area contributed by atoms with Gasteiger partial charge in [0.15, 0.2) is 0 Å². The third-order valence-electron chi connectivity index (χ3n) is 1.95. The summed E-state index contributed by atoms with van der Waals surface area (Å²) in [6.07, 6.45) is 0.775. The minimum Gasteiger partial charge on any atom is -0.386 e. The number of hydrogen-bond donors (Lipinski definition) is 1. The predicted octanol–water partition coefficient (Wildman–Crippen LogP) is 1.31. The normalized spacial score (nSPS) is 16.1. The second kappa shape index (κ2) is 3.05. The quantitative estimate of drug-likeness (QED) is 0.706. The molecule has 0 atom stereocenters. The van der Waals surface area contributed by atoms with Crippen molar-refractivity contribution in [1.82, 2.24) is 0 Å². The minimum absolute atomic E-state index is 0.236. The van der Waals surface area contributed by atoms with Gasteiger partial charge in [0.1, 0.15) is 11.7 Å². The monoisotopic (exact) mass is 179 g/mol. The summed E-state index contributed by atoms with van der Waals surface area (Å²) < 4.78 is 12.6. The van der Waals surface area contributed by atoms with E-state index >= 15 is 0 Å². The van der Waals surface area contributed by atoms with Gasteiger partial charge in [-0.05, 0) is 24.3 Å². The van der Waals surface area contributed by atoms with Crippen LogP contribution in [0.2, 0.25) is 0 Å². The van der Waals surface area contributed by atoms with Crippen molar-refractivity contribution in [2.24, 2.45) is 10.8 Å². The Hall–Kier alpha value is -1.58. The maximum absolute atomic E-state index is 12.6. The summed E-state index contributed by atoms with van der Waals surface area (Å²) in [6.45, 7) is 0.775.